The summed E-state index contributed by atoms with van der Waals surface area (Å²) >= 11 is 0. The second kappa shape index (κ2) is 8.32. The molecule has 0 N–H and O–H groups in total. The lowest BCUT2D eigenvalue weighted by atomic mass is 10.1. The van der Waals surface area contributed by atoms with E-state index in [0.717, 1.165) is 22.6 Å². The number of carbonyl (C=O) groups is 1. The van der Waals surface area contributed by atoms with Crippen LogP contribution in [0.5, 0.6) is 5.75 Å². The number of hydrogen-bond acceptors (Lipinski definition) is 3. The second-order valence-electron chi connectivity index (χ2n) is 5.84. The molecule has 132 valence electrons. The van der Waals surface area contributed by atoms with Crippen LogP contribution >= 0.6 is 0 Å². The number of benzene rings is 2. The highest BCUT2D eigenvalue weighted by atomic mass is 16.5. The molecule has 0 saturated heterocycles. The summed E-state index contributed by atoms with van der Waals surface area (Å²) in [4.78, 5) is 12.4. The van der Waals surface area contributed by atoms with Gasteiger partial charge in [0.25, 0.3) is 0 Å². The lowest BCUT2D eigenvalue weighted by Crippen LogP contribution is -1.96. The van der Waals surface area contributed by atoms with Gasteiger partial charge in [-0.2, -0.15) is 0 Å². The molecule has 0 aliphatic heterocycles. The van der Waals surface area contributed by atoms with E-state index >= 15 is 0 Å². The number of hydrogen-bond donors (Lipinski definition) is 0. The number of carbonyl (C=O) groups excluding carboxylic acids is 1. The van der Waals surface area contributed by atoms with Crippen molar-refractivity contribution in [1.82, 2.24) is 4.57 Å². The van der Waals surface area contributed by atoms with Gasteiger partial charge in [-0.05, 0) is 60.2 Å². The third-order valence-electron chi connectivity index (χ3n) is 4.09. The lowest BCUT2D eigenvalue weighted by molar-refractivity contribution is 0.104. The molecular weight excluding hydrogens is 326 g/mol. The van der Waals surface area contributed by atoms with Crippen LogP contribution in [0.3, 0.4) is 0 Å². The third-order valence-corrected chi connectivity index (χ3v) is 4.09. The first kappa shape index (κ1) is 17.7. The molecule has 0 fully saturated rings. The molecule has 0 bridgehead atoms. The molecule has 3 rings (SSSR count). The van der Waals surface area contributed by atoms with Crippen molar-refractivity contribution in [3.63, 3.8) is 0 Å². The van der Waals surface area contributed by atoms with Crippen LogP contribution in [0.15, 0.2) is 73.1 Å². The van der Waals surface area contributed by atoms with Gasteiger partial charge in [-0.3, -0.25) is 4.79 Å². The fourth-order valence-corrected chi connectivity index (χ4v) is 2.74. The molecule has 0 aliphatic rings. The summed E-state index contributed by atoms with van der Waals surface area (Å²) in [5.74, 6) is 0.740. The third kappa shape index (κ3) is 4.10. The van der Waals surface area contributed by atoms with Crippen molar-refractivity contribution in [2.75, 3.05) is 14.2 Å². The minimum absolute atomic E-state index is 0.0341. The number of rotatable bonds is 7. The van der Waals surface area contributed by atoms with Crippen LogP contribution in [0, 0.1) is 0 Å². The molecule has 2 aromatic carbocycles. The van der Waals surface area contributed by atoms with Gasteiger partial charge in [-0.25, -0.2) is 0 Å². The van der Waals surface area contributed by atoms with Gasteiger partial charge in [-0.15, -0.1) is 0 Å². The molecule has 4 nitrogen and oxygen atoms in total. The minimum atomic E-state index is -0.0341. The maximum Gasteiger partial charge on any atom is 0.185 e. The first-order valence-electron chi connectivity index (χ1n) is 8.33. The summed E-state index contributed by atoms with van der Waals surface area (Å²) < 4.78 is 12.5. The summed E-state index contributed by atoms with van der Waals surface area (Å²) in [5.41, 5.74) is 3.55. The fourth-order valence-electron chi connectivity index (χ4n) is 2.74. The van der Waals surface area contributed by atoms with Crippen LogP contribution in [0.2, 0.25) is 0 Å². The number of ketones is 1. The summed E-state index contributed by atoms with van der Waals surface area (Å²) in [6, 6.07) is 17.2. The first-order chi connectivity index (χ1) is 12.7. The average molecular weight is 347 g/mol. The lowest BCUT2D eigenvalue weighted by Gasteiger charge is -2.08. The van der Waals surface area contributed by atoms with E-state index < -0.39 is 0 Å². The number of methoxy groups -OCH3 is 2. The van der Waals surface area contributed by atoms with Crippen LogP contribution < -0.4 is 4.74 Å². The Morgan fingerprint density at radius 3 is 2.42 bits per heavy atom. The normalized spacial score (nSPS) is 11.0. The quantitative estimate of drug-likeness (QED) is 0.466. The van der Waals surface area contributed by atoms with Gasteiger partial charge in [0, 0.05) is 36.3 Å². The number of ether oxygens (including phenoxy) is 2. The SMILES string of the molecule is COCc1cc(/C=C/C(=O)c2ccc(-n3cccc3)cc2)ccc1OC. The molecule has 0 radical (unpaired) electrons. The highest BCUT2D eigenvalue weighted by Gasteiger charge is 2.05. The zero-order valence-corrected chi connectivity index (χ0v) is 14.9. The van der Waals surface area contributed by atoms with Gasteiger partial charge >= 0.3 is 0 Å². The van der Waals surface area contributed by atoms with Crippen molar-refractivity contribution in [3.05, 3.63) is 89.8 Å². The Hall–Kier alpha value is -3.11. The molecule has 1 heterocycles. The highest BCUT2D eigenvalue weighted by molar-refractivity contribution is 6.06. The molecular formula is C22H21NO3. The molecule has 4 heteroatoms. The van der Waals surface area contributed by atoms with Crippen molar-refractivity contribution in [2.45, 2.75) is 6.61 Å². The molecule has 0 saturated carbocycles. The fraction of sp³-hybridized carbons (Fsp3) is 0.136. The van der Waals surface area contributed by atoms with Crippen molar-refractivity contribution in [2.24, 2.45) is 0 Å². The molecule has 1 aromatic heterocycles. The maximum atomic E-state index is 12.4. The number of aromatic nitrogens is 1. The van der Waals surface area contributed by atoms with E-state index in [0.29, 0.717) is 12.2 Å². The van der Waals surface area contributed by atoms with Crippen molar-refractivity contribution in [3.8, 4) is 11.4 Å². The van der Waals surface area contributed by atoms with Gasteiger partial charge in [0.1, 0.15) is 5.75 Å². The Bertz CT molecular complexity index is 894. The smallest absolute Gasteiger partial charge is 0.185 e. The van der Waals surface area contributed by atoms with E-state index in [4.69, 9.17) is 9.47 Å². The predicted octanol–water partition coefficient (Wildman–Crippen LogP) is 4.53. The Labute approximate surface area is 153 Å². The monoisotopic (exact) mass is 347 g/mol. The van der Waals surface area contributed by atoms with Crippen molar-refractivity contribution >= 4 is 11.9 Å². The van der Waals surface area contributed by atoms with E-state index in [1.165, 1.54) is 0 Å². The van der Waals surface area contributed by atoms with E-state index in [2.05, 4.69) is 0 Å². The van der Waals surface area contributed by atoms with Crippen LogP contribution in [-0.4, -0.2) is 24.6 Å². The molecule has 3 aromatic rings. The Kier molecular flexibility index (Phi) is 5.66. The molecule has 0 spiro atoms. The van der Waals surface area contributed by atoms with Gasteiger partial charge in [-0.1, -0.05) is 12.1 Å². The van der Waals surface area contributed by atoms with Gasteiger partial charge in [0.2, 0.25) is 0 Å². The van der Waals surface area contributed by atoms with E-state index in [-0.39, 0.29) is 5.78 Å². The largest absolute Gasteiger partial charge is 0.496 e. The first-order valence-corrected chi connectivity index (χ1v) is 8.33. The van der Waals surface area contributed by atoms with Crippen molar-refractivity contribution in [1.29, 1.82) is 0 Å². The predicted molar refractivity (Wildman–Crippen MR) is 103 cm³/mol. The van der Waals surface area contributed by atoms with Crippen molar-refractivity contribution < 1.29 is 14.3 Å². The average Bonchev–Trinajstić information content (AvgIpc) is 3.21. The standard InChI is InChI=1S/C22H21NO3/c1-25-16-19-15-17(6-12-22(19)26-2)5-11-21(24)18-7-9-20(10-8-18)23-13-3-4-14-23/h3-15H,16H2,1-2H3/b11-5+. The Balaban J connectivity index is 1.74. The highest BCUT2D eigenvalue weighted by Crippen LogP contribution is 2.21. The van der Waals surface area contributed by atoms with E-state index in [1.807, 2.05) is 71.6 Å². The van der Waals surface area contributed by atoms with Gasteiger partial charge < -0.3 is 14.0 Å². The zero-order chi connectivity index (χ0) is 18.4. The van der Waals surface area contributed by atoms with E-state index in [9.17, 15) is 4.79 Å². The van der Waals surface area contributed by atoms with Gasteiger partial charge in [0.05, 0.1) is 13.7 Å². The summed E-state index contributed by atoms with van der Waals surface area (Å²) in [5, 5.41) is 0. The summed E-state index contributed by atoms with van der Waals surface area (Å²) in [6.07, 6.45) is 7.33. The van der Waals surface area contributed by atoms with Crippen LogP contribution in [0.4, 0.5) is 0 Å². The number of allylic oxidation sites excluding steroid dienone is 1. The van der Waals surface area contributed by atoms with E-state index in [1.54, 1.807) is 26.4 Å². The van der Waals surface area contributed by atoms with Crippen LogP contribution in [0.25, 0.3) is 11.8 Å². The number of nitrogens with zero attached hydrogens (tertiary/aromatic N) is 1. The molecule has 26 heavy (non-hydrogen) atoms. The second-order valence-corrected chi connectivity index (χ2v) is 5.84. The topological polar surface area (TPSA) is 40.5 Å². The Morgan fingerprint density at radius 1 is 1.04 bits per heavy atom. The summed E-state index contributed by atoms with van der Waals surface area (Å²) in [6.45, 7) is 0.458. The van der Waals surface area contributed by atoms with Crippen LogP contribution in [-0.2, 0) is 11.3 Å². The Morgan fingerprint density at radius 2 is 1.77 bits per heavy atom. The molecule has 0 atom stereocenters. The molecule has 0 amide bonds. The maximum absolute atomic E-state index is 12.4. The summed E-state index contributed by atoms with van der Waals surface area (Å²) in [7, 11) is 3.27. The zero-order valence-electron chi connectivity index (χ0n) is 14.9. The van der Waals surface area contributed by atoms with Gasteiger partial charge in [0.15, 0.2) is 5.78 Å². The minimum Gasteiger partial charge on any atom is -0.496 e. The molecule has 0 aliphatic carbocycles. The van der Waals surface area contributed by atoms with Crippen LogP contribution in [0.1, 0.15) is 21.5 Å². The molecule has 0 unspecified atom stereocenters.